The van der Waals surface area contributed by atoms with Crippen LogP contribution in [0.2, 0.25) is 0 Å². The molecule has 0 saturated heterocycles. The monoisotopic (exact) mass is 485 g/mol. The second-order valence-electron chi connectivity index (χ2n) is 8.57. The number of ketones is 1. The minimum Gasteiger partial charge on any atom is -0.434 e. The molecule has 0 aliphatic rings. The Morgan fingerprint density at radius 2 is 1.71 bits per heavy atom. The van der Waals surface area contributed by atoms with Gasteiger partial charge in [0.05, 0.1) is 11.5 Å². The first-order chi connectivity index (χ1) is 16.2. The zero-order valence-electron chi connectivity index (χ0n) is 19.5. The largest absolute Gasteiger partial charge is 0.434 e. The standard InChI is InChI=1S/C25H31N3O5S/c1-18(2)27-21(17-34(31,32)16-19-10-4-3-5-11-19)24(30)26-15-9-8-13-22(29)25-28-20-12-6-7-14-23(20)33-25/h3-7,10-12,14,18,21,27H,8-9,13,15-17H2,1-2H3,(H,26,30)/t21-/m0/s1. The lowest BCUT2D eigenvalue weighted by Gasteiger charge is -2.21. The molecule has 0 aliphatic carbocycles. The smallest absolute Gasteiger partial charge is 0.264 e. The van der Waals surface area contributed by atoms with Crippen LogP contribution >= 0.6 is 0 Å². The van der Waals surface area contributed by atoms with Crippen LogP contribution in [0.25, 0.3) is 11.1 Å². The first kappa shape index (κ1) is 25.6. The number of hydrogen-bond donors (Lipinski definition) is 2. The second-order valence-corrected chi connectivity index (χ2v) is 10.7. The van der Waals surface area contributed by atoms with Crippen molar-refractivity contribution >= 4 is 32.6 Å². The fourth-order valence-corrected chi connectivity index (χ4v) is 5.16. The van der Waals surface area contributed by atoms with Crippen molar-refractivity contribution in [2.24, 2.45) is 0 Å². The lowest BCUT2D eigenvalue weighted by molar-refractivity contribution is -0.122. The van der Waals surface area contributed by atoms with E-state index in [1.807, 2.05) is 32.0 Å². The molecule has 0 saturated carbocycles. The second kappa shape index (κ2) is 11.9. The predicted octanol–water partition coefficient (Wildman–Crippen LogP) is 3.28. The summed E-state index contributed by atoms with van der Waals surface area (Å²) in [6.07, 6.45) is 1.37. The number of Topliss-reactive ketones (excluding diaryl/α,β-unsaturated/α-hetero) is 1. The third-order valence-corrected chi connectivity index (χ3v) is 6.78. The summed E-state index contributed by atoms with van der Waals surface area (Å²) in [5.74, 6) is -0.864. The third-order valence-electron chi connectivity index (χ3n) is 5.16. The van der Waals surface area contributed by atoms with Crippen LogP contribution in [-0.4, -0.2) is 49.5 Å². The molecule has 9 heteroatoms. The Morgan fingerprint density at radius 1 is 1.00 bits per heavy atom. The zero-order valence-corrected chi connectivity index (χ0v) is 20.3. The van der Waals surface area contributed by atoms with Gasteiger partial charge in [-0.05, 0) is 30.5 Å². The maximum Gasteiger partial charge on any atom is 0.264 e. The van der Waals surface area contributed by atoms with E-state index < -0.39 is 15.9 Å². The van der Waals surface area contributed by atoms with Gasteiger partial charge in [0, 0.05) is 19.0 Å². The van der Waals surface area contributed by atoms with E-state index in [1.54, 1.807) is 36.4 Å². The lowest BCUT2D eigenvalue weighted by Crippen LogP contribution is -2.50. The number of hydrogen-bond acceptors (Lipinski definition) is 7. The number of sulfone groups is 1. The van der Waals surface area contributed by atoms with Gasteiger partial charge in [-0.2, -0.15) is 0 Å². The molecule has 0 spiro atoms. The van der Waals surface area contributed by atoms with Crippen LogP contribution in [0.4, 0.5) is 0 Å². The number of benzene rings is 2. The molecule has 0 bridgehead atoms. The highest BCUT2D eigenvalue weighted by Crippen LogP contribution is 2.16. The summed E-state index contributed by atoms with van der Waals surface area (Å²) in [4.78, 5) is 29.2. The van der Waals surface area contributed by atoms with E-state index >= 15 is 0 Å². The molecule has 34 heavy (non-hydrogen) atoms. The molecule has 1 aromatic heterocycles. The maximum absolute atomic E-state index is 12.7. The summed E-state index contributed by atoms with van der Waals surface area (Å²) in [5, 5.41) is 5.84. The van der Waals surface area contributed by atoms with Crippen molar-refractivity contribution in [3.63, 3.8) is 0 Å². The average Bonchev–Trinajstić information content (AvgIpc) is 3.22. The number of nitrogens with zero attached hydrogens (tertiary/aromatic N) is 1. The summed E-state index contributed by atoms with van der Waals surface area (Å²) in [5.41, 5.74) is 1.91. The van der Waals surface area contributed by atoms with E-state index in [-0.39, 0.29) is 41.5 Å². The van der Waals surface area contributed by atoms with Crippen LogP contribution in [0.1, 0.15) is 49.4 Å². The van der Waals surface area contributed by atoms with Gasteiger partial charge in [-0.3, -0.25) is 9.59 Å². The molecule has 1 atom stereocenters. The van der Waals surface area contributed by atoms with Crippen molar-refractivity contribution in [3.8, 4) is 0 Å². The Morgan fingerprint density at radius 3 is 2.41 bits per heavy atom. The highest BCUT2D eigenvalue weighted by molar-refractivity contribution is 7.90. The highest BCUT2D eigenvalue weighted by Gasteiger charge is 2.26. The number of carbonyl (C=O) groups is 2. The minimum atomic E-state index is -3.50. The number of carbonyl (C=O) groups excluding carboxylic acids is 2. The van der Waals surface area contributed by atoms with Gasteiger partial charge in [-0.15, -0.1) is 0 Å². The highest BCUT2D eigenvalue weighted by atomic mass is 32.2. The van der Waals surface area contributed by atoms with Crippen molar-refractivity contribution in [3.05, 3.63) is 66.1 Å². The Hall–Kier alpha value is -3.04. The number of unbranched alkanes of at least 4 members (excludes halogenated alkanes) is 1. The zero-order chi connectivity index (χ0) is 24.6. The molecule has 0 fully saturated rings. The van der Waals surface area contributed by atoms with Crippen molar-refractivity contribution < 1.29 is 22.4 Å². The van der Waals surface area contributed by atoms with E-state index in [9.17, 15) is 18.0 Å². The molecular weight excluding hydrogens is 454 g/mol. The Balaban J connectivity index is 1.46. The number of rotatable bonds is 13. The fraction of sp³-hybridized carbons (Fsp3) is 0.400. The van der Waals surface area contributed by atoms with Crippen molar-refractivity contribution in [2.75, 3.05) is 12.3 Å². The molecule has 2 aromatic carbocycles. The number of oxazole rings is 1. The van der Waals surface area contributed by atoms with Crippen LogP contribution < -0.4 is 10.6 Å². The SMILES string of the molecule is CC(C)N[C@@H](CS(=O)(=O)Cc1ccccc1)C(=O)NCCCCC(=O)c1nc2ccccc2o1. The van der Waals surface area contributed by atoms with Gasteiger partial charge in [-0.1, -0.05) is 56.3 Å². The number of fused-ring (bicyclic) bond motifs is 1. The van der Waals surface area contributed by atoms with Crippen molar-refractivity contribution in [2.45, 2.75) is 50.9 Å². The maximum atomic E-state index is 12.7. The summed E-state index contributed by atoms with van der Waals surface area (Å²) in [6, 6.07) is 15.2. The molecule has 3 aromatic rings. The van der Waals surface area contributed by atoms with E-state index in [4.69, 9.17) is 4.42 Å². The number of nitrogens with one attached hydrogen (secondary N) is 2. The van der Waals surface area contributed by atoms with Gasteiger partial charge in [0.15, 0.2) is 15.4 Å². The summed E-state index contributed by atoms with van der Waals surface area (Å²) in [6.45, 7) is 4.07. The molecule has 0 radical (unpaired) electrons. The van der Waals surface area contributed by atoms with Gasteiger partial charge < -0.3 is 15.1 Å². The number of amides is 1. The van der Waals surface area contributed by atoms with E-state index in [0.29, 0.717) is 36.0 Å². The fourth-order valence-electron chi connectivity index (χ4n) is 3.59. The topological polar surface area (TPSA) is 118 Å². The van der Waals surface area contributed by atoms with Crippen LogP contribution in [0.5, 0.6) is 0 Å². The summed E-state index contributed by atoms with van der Waals surface area (Å²) < 4.78 is 30.8. The average molecular weight is 486 g/mol. The van der Waals surface area contributed by atoms with Gasteiger partial charge in [0.2, 0.25) is 11.7 Å². The molecule has 0 aliphatic heterocycles. The van der Waals surface area contributed by atoms with E-state index in [0.717, 1.165) is 0 Å². The normalized spacial score (nSPS) is 12.7. The van der Waals surface area contributed by atoms with Crippen LogP contribution in [-0.2, 0) is 20.4 Å². The van der Waals surface area contributed by atoms with Crippen LogP contribution in [0.15, 0.2) is 59.0 Å². The molecule has 182 valence electrons. The number of aromatic nitrogens is 1. The van der Waals surface area contributed by atoms with Gasteiger partial charge >= 0.3 is 0 Å². The molecule has 1 heterocycles. The van der Waals surface area contributed by atoms with Gasteiger partial charge in [-0.25, -0.2) is 13.4 Å². The van der Waals surface area contributed by atoms with E-state index in [1.165, 1.54) is 0 Å². The minimum absolute atomic E-state index is 0.0587. The molecule has 1 amide bonds. The molecular formula is C25H31N3O5S. The Kier molecular flexibility index (Phi) is 8.95. The summed E-state index contributed by atoms with van der Waals surface area (Å²) >= 11 is 0. The Labute approximate surface area is 200 Å². The van der Waals surface area contributed by atoms with E-state index in [2.05, 4.69) is 15.6 Å². The molecule has 3 rings (SSSR count). The quantitative estimate of drug-likeness (QED) is 0.282. The molecule has 8 nitrogen and oxygen atoms in total. The number of para-hydroxylation sites is 2. The van der Waals surface area contributed by atoms with Crippen molar-refractivity contribution in [1.29, 1.82) is 0 Å². The Bertz CT molecular complexity index is 1170. The van der Waals surface area contributed by atoms with Crippen LogP contribution in [0.3, 0.4) is 0 Å². The van der Waals surface area contributed by atoms with Crippen LogP contribution in [0, 0.1) is 0 Å². The summed E-state index contributed by atoms with van der Waals surface area (Å²) in [7, 11) is -3.50. The first-order valence-electron chi connectivity index (χ1n) is 11.4. The lowest BCUT2D eigenvalue weighted by atomic mass is 10.1. The first-order valence-corrected chi connectivity index (χ1v) is 13.2. The third kappa shape index (κ3) is 7.78. The molecule has 2 N–H and O–H groups in total. The van der Waals surface area contributed by atoms with Gasteiger partial charge in [0.25, 0.3) is 5.89 Å². The predicted molar refractivity (Wildman–Crippen MR) is 131 cm³/mol. The van der Waals surface area contributed by atoms with Crippen molar-refractivity contribution in [1.82, 2.24) is 15.6 Å². The van der Waals surface area contributed by atoms with Gasteiger partial charge in [0.1, 0.15) is 11.6 Å². The molecule has 0 unspecified atom stereocenters.